The summed E-state index contributed by atoms with van der Waals surface area (Å²) in [6.07, 6.45) is 11.8. The fourth-order valence-electron chi connectivity index (χ4n) is 3.86. The van der Waals surface area contributed by atoms with Crippen molar-refractivity contribution in [3.05, 3.63) is 42.1 Å². The number of hydrogen-bond acceptors (Lipinski definition) is 6. The number of carbonyl (C=O) groups excluding carboxylic acids is 1. The first-order chi connectivity index (χ1) is 13.3. The number of thioether (sulfide) groups is 1. The van der Waals surface area contributed by atoms with Gasteiger partial charge in [0.05, 0.1) is 5.75 Å². The molecule has 142 valence electrons. The van der Waals surface area contributed by atoms with Crippen LogP contribution in [0.2, 0.25) is 0 Å². The van der Waals surface area contributed by atoms with Crippen LogP contribution in [0.3, 0.4) is 0 Å². The minimum absolute atomic E-state index is 0.106. The molecule has 1 N–H and O–H groups in total. The van der Waals surface area contributed by atoms with Gasteiger partial charge in [-0.15, -0.1) is 11.8 Å². The molecule has 1 fully saturated rings. The van der Waals surface area contributed by atoms with Crippen LogP contribution >= 0.6 is 11.8 Å². The van der Waals surface area contributed by atoms with E-state index in [9.17, 15) is 4.79 Å². The monoisotopic (exact) mass is 383 g/mol. The third kappa shape index (κ3) is 4.58. The Bertz CT molecular complexity index is 777. The molecule has 0 atom stereocenters. The molecule has 1 aliphatic carbocycles. The maximum absolute atomic E-state index is 12.2. The lowest BCUT2D eigenvalue weighted by Crippen LogP contribution is -2.45. The summed E-state index contributed by atoms with van der Waals surface area (Å²) in [6.45, 7) is 1.87. The van der Waals surface area contributed by atoms with Crippen LogP contribution in [0.1, 0.15) is 36.9 Å². The van der Waals surface area contributed by atoms with Crippen molar-refractivity contribution in [2.75, 3.05) is 23.7 Å². The van der Waals surface area contributed by atoms with E-state index in [1.54, 1.807) is 30.5 Å². The van der Waals surface area contributed by atoms with Gasteiger partial charge in [-0.3, -0.25) is 9.78 Å². The van der Waals surface area contributed by atoms with Gasteiger partial charge in [0.2, 0.25) is 5.91 Å². The Morgan fingerprint density at radius 2 is 1.93 bits per heavy atom. The van der Waals surface area contributed by atoms with Gasteiger partial charge < -0.3 is 10.2 Å². The Balaban J connectivity index is 1.27. The lowest BCUT2D eigenvalue weighted by molar-refractivity contribution is -0.119. The third-order valence-electron chi connectivity index (χ3n) is 5.28. The molecule has 0 radical (unpaired) electrons. The van der Waals surface area contributed by atoms with Gasteiger partial charge in [0.25, 0.3) is 0 Å². The molecular formula is C20H25N5OS. The van der Waals surface area contributed by atoms with Crippen LogP contribution in [0.4, 0.5) is 5.82 Å². The molecule has 4 rings (SSSR count). The van der Waals surface area contributed by atoms with E-state index in [4.69, 9.17) is 0 Å². The number of rotatable bonds is 5. The van der Waals surface area contributed by atoms with Crippen LogP contribution in [0, 0.1) is 0 Å². The van der Waals surface area contributed by atoms with Gasteiger partial charge in [-0.2, -0.15) is 0 Å². The molecule has 2 aromatic rings. The van der Waals surface area contributed by atoms with Gasteiger partial charge in [-0.25, -0.2) is 9.97 Å². The zero-order valence-electron chi connectivity index (χ0n) is 15.4. The molecule has 6 nitrogen and oxygen atoms in total. The van der Waals surface area contributed by atoms with Gasteiger partial charge in [0.1, 0.15) is 12.1 Å². The molecule has 0 spiro atoms. The summed E-state index contributed by atoms with van der Waals surface area (Å²) in [6, 6.07) is 4.11. The molecule has 2 aromatic heterocycles. The Kier molecular flexibility index (Phi) is 5.87. The number of piperidine rings is 1. The Hall–Kier alpha value is -2.15. The van der Waals surface area contributed by atoms with Gasteiger partial charge in [-0.05, 0) is 50.7 Å². The van der Waals surface area contributed by atoms with E-state index < -0.39 is 0 Å². The van der Waals surface area contributed by atoms with E-state index in [0.717, 1.165) is 49.5 Å². The number of amides is 1. The number of carbonyl (C=O) groups is 1. The van der Waals surface area contributed by atoms with Gasteiger partial charge in [0, 0.05) is 47.7 Å². The average molecular weight is 384 g/mol. The molecule has 7 heteroatoms. The fraction of sp³-hybridized carbons (Fsp3) is 0.500. The summed E-state index contributed by atoms with van der Waals surface area (Å²) in [5.41, 5.74) is 2.58. The highest BCUT2D eigenvalue weighted by atomic mass is 32.2. The Morgan fingerprint density at radius 1 is 1.15 bits per heavy atom. The van der Waals surface area contributed by atoms with Crippen LogP contribution in [-0.4, -0.2) is 45.7 Å². The molecule has 1 aliphatic heterocycles. The predicted octanol–water partition coefficient (Wildman–Crippen LogP) is 2.63. The van der Waals surface area contributed by atoms with E-state index in [-0.39, 0.29) is 11.9 Å². The zero-order chi connectivity index (χ0) is 18.5. The largest absolute Gasteiger partial charge is 0.356 e. The van der Waals surface area contributed by atoms with Crippen molar-refractivity contribution >= 4 is 23.5 Å². The van der Waals surface area contributed by atoms with Crippen molar-refractivity contribution in [3.8, 4) is 0 Å². The first-order valence-electron chi connectivity index (χ1n) is 9.69. The molecule has 1 amide bonds. The smallest absolute Gasteiger partial charge is 0.230 e. The van der Waals surface area contributed by atoms with Gasteiger partial charge in [0.15, 0.2) is 0 Å². The van der Waals surface area contributed by atoms with Crippen LogP contribution < -0.4 is 10.2 Å². The van der Waals surface area contributed by atoms with E-state index in [0.29, 0.717) is 5.75 Å². The molecule has 0 bridgehead atoms. The van der Waals surface area contributed by atoms with Gasteiger partial charge >= 0.3 is 0 Å². The molecular weight excluding hydrogens is 358 g/mol. The van der Waals surface area contributed by atoms with Crippen LogP contribution in [0.25, 0.3) is 0 Å². The summed E-state index contributed by atoms with van der Waals surface area (Å²) < 4.78 is 0. The maximum atomic E-state index is 12.2. The number of nitrogens with one attached hydrogen (secondary N) is 1. The highest BCUT2D eigenvalue weighted by molar-refractivity contribution is 8.00. The van der Waals surface area contributed by atoms with E-state index >= 15 is 0 Å². The fourth-order valence-corrected chi connectivity index (χ4v) is 4.56. The lowest BCUT2D eigenvalue weighted by Gasteiger charge is -2.35. The summed E-state index contributed by atoms with van der Waals surface area (Å²) in [4.78, 5) is 28.7. The van der Waals surface area contributed by atoms with Crippen molar-refractivity contribution in [2.45, 2.75) is 49.5 Å². The van der Waals surface area contributed by atoms with Crippen molar-refractivity contribution < 1.29 is 4.79 Å². The highest BCUT2D eigenvalue weighted by Gasteiger charge is 2.25. The van der Waals surface area contributed by atoms with Crippen molar-refractivity contribution in [3.63, 3.8) is 0 Å². The second-order valence-electron chi connectivity index (χ2n) is 7.13. The maximum Gasteiger partial charge on any atom is 0.230 e. The summed E-state index contributed by atoms with van der Waals surface area (Å²) >= 11 is 1.55. The topological polar surface area (TPSA) is 71.0 Å². The molecule has 0 aromatic carbocycles. The number of fused-ring (bicyclic) bond motifs is 1. The molecule has 0 saturated carbocycles. The lowest BCUT2D eigenvalue weighted by atomic mass is 9.95. The summed E-state index contributed by atoms with van der Waals surface area (Å²) in [7, 11) is 0. The van der Waals surface area contributed by atoms with E-state index in [1.807, 2.05) is 12.1 Å². The number of aromatic nitrogens is 3. The number of pyridine rings is 1. The Labute approximate surface area is 164 Å². The van der Waals surface area contributed by atoms with Crippen LogP contribution in [0.15, 0.2) is 35.7 Å². The van der Waals surface area contributed by atoms with Crippen molar-refractivity contribution in [2.24, 2.45) is 0 Å². The Morgan fingerprint density at radius 3 is 2.74 bits per heavy atom. The number of aryl methyl sites for hydroxylation is 1. The first kappa shape index (κ1) is 18.2. The second kappa shape index (κ2) is 8.69. The van der Waals surface area contributed by atoms with Gasteiger partial charge in [-0.1, -0.05) is 0 Å². The second-order valence-corrected chi connectivity index (χ2v) is 8.18. The molecule has 2 aliphatic rings. The number of nitrogens with zero attached hydrogens (tertiary/aromatic N) is 4. The molecule has 27 heavy (non-hydrogen) atoms. The number of hydrogen-bond donors (Lipinski definition) is 1. The summed E-state index contributed by atoms with van der Waals surface area (Å²) in [5, 5.41) is 3.19. The van der Waals surface area contributed by atoms with Crippen molar-refractivity contribution in [1.29, 1.82) is 0 Å². The standard InChI is InChI=1S/C20H25N5OS/c26-19(13-27-16-5-9-21-10-6-16)24-15-7-11-25(12-8-15)20-17-3-1-2-4-18(17)22-14-23-20/h5-6,9-10,14-15H,1-4,7-8,11-13H2,(H,24,26). The van der Waals surface area contributed by atoms with Crippen molar-refractivity contribution in [1.82, 2.24) is 20.3 Å². The molecule has 1 saturated heterocycles. The van der Waals surface area contributed by atoms with E-state index in [1.165, 1.54) is 24.1 Å². The molecule has 0 unspecified atom stereocenters. The normalized spacial score (nSPS) is 17.4. The van der Waals surface area contributed by atoms with E-state index in [2.05, 4.69) is 25.2 Å². The third-order valence-corrected chi connectivity index (χ3v) is 6.29. The number of anilines is 1. The summed E-state index contributed by atoms with van der Waals surface area (Å²) in [5.74, 6) is 1.68. The first-order valence-corrected chi connectivity index (χ1v) is 10.7. The predicted molar refractivity (Wildman–Crippen MR) is 107 cm³/mol. The molecule has 3 heterocycles. The minimum Gasteiger partial charge on any atom is -0.356 e. The highest BCUT2D eigenvalue weighted by Crippen LogP contribution is 2.28. The SMILES string of the molecule is O=C(CSc1ccncc1)NC1CCN(c2ncnc3c2CCCC3)CC1. The van der Waals surface area contributed by atoms with Crippen LogP contribution in [-0.2, 0) is 17.6 Å². The quantitative estimate of drug-likeness (QED) is 0.801. The minimum atomic E-state index is 0.106. The zero-order valence-corrected chi connectivity index (χ0v) is 16.2. The average Bonchev–Trinajstić information content (AvgIpc) is 2.73. The van der Waals surface area contributed by atoms with Crippen LogP contribution in [0.5, 0.6) is 0 Å².